The minimum absolute atomic E-state index is 0.117. The molecule has 0 unspecified atom stereocenters. The molecule has 6 nitrogen and oxygen atoms in total. The third-order valence-corrected chi connectivity index (χ3v) is 4.28. The summed E-state index contributed by atoms with van der Waals surface area (Å²) in [5, 5.41) is 3.19. The summed E-state index contributed by atoms with van der Waals surface area (Å²) in [5.41, 5.74) is 6.20. The number of hydrogen-bond acceptors (Lipinski definition) is 4. The van der Waals surface area contributed by atoms with Crippen LogP contribution in [-0.4, -0.2) is 40.8 Å². The van der Waals surface area contributed by atoms with Crippen molar-refractivity contribution in [2.24, 2.45) is 5.73 Å². The van der Waals surface area contributed by atoms with Crippen molar-refractivity contribution in [2.75, 3.05) is 18.4 Å². The van der Waals surface area contributed by atoms with Crippen LogP contribution in [-0.2, 0) is 0 Å². The number of benzene rings is 1. The average molecular weight is 342 g/mol. The van der Waals surface area contributed by atoms with Crippen LogP contribution in [0.1, 0.15) is 33.7 Å². The van der Waals surface area contributed by atoms with Gasteiger partial charge in [0.1, 0.15) is 11.5 Å². The van der Waals surface area contributed by atoms with Crippen LogP contribution in [0.5, 0.6) is 0 Å². The number of pyridine rings is 1. The first kappa shape index (κ1) is 16.9. The topological polar surface area (TPSA) is 88.3 Å². The first-order valence-corrected chi connectivity index (χ1v) is 8.11. The average Bonchev–Trinajstić information content (AvgIpc) is 2.64. The number of carbonyl (C=O) groups excluding carboxylic acids is 2. The number of anilines is 1. The van der Waals surface area contributed by atoms with Crippen LogP contribution >= 0.6 is 0 Å². The molecule has 1 aromatic carbocycles. The fourth-order valence-electron chi connectivity index (χ4n) is 2.85. The largest absolute Gasteiger partial charge is 0.380 e. The van der Waals surface area contributed by atoms with Crippen LogP contribution in [0.25, 0.3) is 0 Å². The Hall–Kier alpha value is -2.96. The van der Waals surface area contributed by atoms with Crippen molar-refractivity contribution < 1.29 is 14.0 Å². The van der Waals surface area contributed by atoms with E-state index in [4.69, 9.17) is 5.73 Å². The molecule has 1 aliphatic rings. The maximum absolute atomic E-state index is 13.7. The molecule has 0 bridgehead atoms. The molecule has 2 aromatic rings. The van der Waals surface area contributed by atoms with E-state index < -0.39 is 5.91 Å². The van der Waals surface area contributed by atoms with Crippen molar-refractivity contribution in [3.63, 3.8) is 0 Å². The molecule has 2 amide bonds. The highest BCUT2D eigenvalue weighted by molar-refractivity contribution is 5.95. The molecule has 1 aromatic heterocycles. The number of carbonyl (C=O) groups is 2. The summed E-state index contributed by atoms with van der Waals surface area (Å²) in [4.78, 5) is 29.2. The molecule has 7 heteroatoms. The zero-order chi connectivity index (χ0) is 17.8. The van der Waals surface area contributed by atoms with Gasteiger partial charge in [0, 0.05) is 25.3 Å². The van der Waals surface area contributed by atoms with E-state index in [1.807, 2.05) is 0 Å². The molecule has 2 heterocycles. The smallest absolute Gasteiger partial charge is 0.272 e. The standard InChI is InChI=1S/C18H19FN4O2/c19-14-3-1-2-4-15(14)22-13-7-9-23(10-8-13)18(25)16-6-5-12(11-21-16)17(20)24/h1-6,11,13,22H,7-10H2,(H2,20,24). The fourth-order valence-corrected chi connectivity index (χ4v) is 2.85. The number of primary amides is 1. The van der Waals surface area contributed by atoms with Crippen molar-refractivity contribution in [1.82, 2.24) is 9.88 Å². The van der Waals surface area contributed by atoms with Crippen LogP contribution in [0.2, 0.25) is 0 Å². The Bertz CT molecular complexity index is 771. The highest BCUT2D eigenvalue weighted by Crippen LogP contribution is 2.20. The van der Waals surface area contributed by atoms with Crippen molar-refractivity contribution in [3.8, 4) is 0 Å². The predicted octanol–water partition coefficient (Wildman–Crippen LogP) is 2.04. The summed E-state index contributed by atoms with van der Waals surface area (Å²) in [6, 6.07) is 9.68. The molecule has 3 rings (SSSR count). The van der Waals surface area contributed by atoms with E-state index in [0.29, 0.717) is 18.8 Å². The van der Waals surface area contributed by atoms with Gasteiger partial charge in [-0.1, -0.05) is 12.1 Å². The molecule has 0 atom stereocenters. The van der Waals surface area contributed by atoms with Crippen molar-refractivity contribution in [2.45, 2.75) is 18.9 Å². The normalized spacial score (nSPS) is 15.0. The lowest BCUT2D eigenvalue weighted by molar-refractivity contribution is 0.0712. The van der Waals surface area contributed by atoms with Gasteiger partial charge >= 0.3 is 0 Å². The van der Waals surface area contributed by atoms with Gasteiger partial charge in [-0.3, -0.25) is 14.6 Å². The number of nitrogens with zero attached hydrogens (tertiary/aromatic N) is 2. The molecule has 0 radical (unpaired) electrons. The van der Waals surface area contributed by atoms with Crippen LogP contribution in [0, 0.1) is 5.82 Å². The highest BCUT2D eigenvalue weighted by Gasteiger charge is 2.24. The van der Waals surface area contributed by atoms with E-state index >= 15 is 0 Å². The van der Waals surface area contributed by atoms with Gasteiger partial charge in [0.2, 0.25) is 5.91 Å². The Labute approximate surface area is 144 Å². The molecule has 1 aliphatic heterocycles. The number of aromatic nitrogens is 1. The first-order valence-electron chi connectivity index (χ1n) is 8.11. The lowest BCUT2D eigenvalue weighted by Gasteiger charge is -2.32. The number of piperidine rings is 1. The number of amides is 2. The second kappa shape index (κ2) is 7.29. The second-order valence-corrected chi connectivity index (χ2v) is 5.99. The lowest BCUT2D eigenvalue weighted by Crippen LogP contribution is -2.42. The molecule has 0 spiro atoms. The number of hydrogen-bond donors (Lipinski definition) is 2. The molecular weight excluding hydrogens is 323 g/mol. The van der Waals surface area contributed by atoms with E-state index in [0.717, 1.165) is 12.8 Å². The van der Waals surface area contributed by atoms with E-state index in [1.165, 1.54) is 24.4 Å². The SMILES string of the molecule is NC(=O)c1ccc(C(=O)N2CCC(Nc3ccccc3F)CC2)nc1. The summed E-state index contributed by atoms with van der Waals surface area (Å²) in [5.74, 6) is -1.04. The quantitative estimate of drug-likeness (QED) is 0.890. The lowest BCUT2D eigenvalue weighted by atomic mass is 10.0. The Balaban J connectivity index is 1.57. The van der Waals surface area contributed by atoms with Crippen molar-refractivity contribution in [1.29, 1.82) is 0 Å². The van der Waals surface area contributed by atoms with E-state index in [9.17, 15) is 14.0 Å². The first-order chi connectivity index (χ1) is 12.0. The Morgan fingerprint density at radius 1 is 1.16 bits per heavy atom. The minimum atomic E-state index is -0.577. The van der Waals surface area contributed by atoms with Crippen LogP contribution < -0.4 is 11.1 Å². The van der Waals surface area contributed by atoms with Gasteiger partial charge in [0.25, 0.3) is 5.91 Å². The third-order valence-electron chi connectivity index (χ3n) is 4.28. The van der Waals surface area contributed by atoms with Gasteiger partial charge in [-0.2, -0.15) is 0 Å². The Morgan fingerprint density at radius 2 is 1.88 bits per heavy atom. The fraction of sp³-hybridized carbons (Fsp3) is 0.278. The minimum Gasteiger partial charge on any atom is -0.380 e. The molecule has 130 valence electrons. The monoisotopic (exact) mass is 342 g/mol. The van der Waals surface area contributed by atoms with E-state index in [-0.39, 0.29) is 29.0 Å². The molecule has 0 saturated carbocycles. The maximum atomic E-state index is 13.7. The number of halogens is 1. The van der Waals surface area contributed by atoms with Crippen molar-refractivity contribution >= 4 is 17.5 Å². The third kappa shape index (κ3) is 3.93. The zero-order valence-electron chi connectivity index (χ0n) is 13.6. The zero-order valence-corrected chi connectivity index (χ0v) is 13.6. The summed E-state index contributed by atoms with van der Waals surface area (Å²) in [6.07, 6.45) is 2.75. The summed E-state index contributed by atoms with van der Waals surface area (Å²) >= 11 is 0. The number of nitrogens with two attached hydrogens (primary N) is 1. The number of rotatable bonds is 4. The van der Waals surface area contributed by atoms with Gasteiger partial charge in [-0.05, 0) is 37.1 Å². The number of nitrogens with one attached hydrogen (secondary N) is 1. The van der Waals surface area contributed by atoms with Crippen molar-refractivity contribution in [3.05, 3.63) is 59.7 Å². The predicted molar refractivity (Wildman–Crippen MR) is 91.7 cm³/mol. The summed E-state index contributed by atoms with van der Waals surface area (Å²) < 4.78 is 13.7. The van der Waals surface area contributed by atoms with Gasteiger partial charge in [0.15, 0.2) is 0 Å². The molecular formula is C18H19FN4O2. The highest BCUT2D eigenvalue weighted by atomic mass is 19.1. The van der Waals surface area contributed by atoms with Gasteiger partial charge in [-0.15, -0.1) is 0 Å². The Kier molecular flexibility index (Phi) is 4.92. The molecule has 3 N–H and O–H groups in total. The van der Waals surface area contributed by atoms with Gasteiger partial charge < -0.3 is 16.0 Å². The van der Waals surface area contributed by atoms with Crippen LogP contribution in [0.4, 0.5) is 10.1 Å². The van der Waals surface area contributed by atoms with Gasteiger partial charge in [0.05, 0.1) is 11.3 Å². The molecule has 1 fully saturated rings. The number of likely N-dealkylation sites (tertiary alicyclic amines) is 1. The second-order valence-electron chi connectivity index (χ2n) is 5.99. The molecule has 25 heavy (non-hydrogen) atoms. The van der Waals surface area contributed by atoms with Gasteiger partial charge in [-0.25, -0.2) is 4.39 Å². The van der Waals surface area contributed by atoms with E-state index in [1.54, 1.807) is 23.1 Å². The number of para-hydroxylation sites is 1. The summed E-state index contributed by atoms with van der Waals surface area (Å²) in [7, 11) is 0. The van der Waals surface area contributed by atoms with Crippen LogP contribution in [0.15, 0.2) is 42.6 Å². The maximum Gasteiger partial charge on any atom is 0.272 e. The Morgan fingerprint density at radius 3 is 2.48 bits per heavy atom. The van der Waals surface area contributed by atoms with Crippen LogP contribution in [0.3, 0.4) is 0 Å². The van der Waals surface area contributed by atoms with E-state index in [2.05, 4.69) is 10.3 Å². The summed E-state index contributed by atoms with van der Waals surface area (Å²) in [6.45, 7) is 1.12. The molecule has 1 saturated heterocycles. The molecule has 0 aliphatic carbocycles.